The van der Waals surface area contributed by atoms with Crippen molar-refractivity contribution in [3.8, 4) is 11.6 Å². The van der Waals surface area contributed by atoms with Crippen LogP contribution in [0, 0.1) is 0 Å². The summed E-state index contributed by atoms with van der Waals surface area (Å²) in [5, 5.41) is 3.67. The molecular formula is C16H14BrN5O3. The molecule has 0 radical (unpaired) electrons. The van der Waals surface area contributed by atoms with E-state index in [1.807, 2.05) is 24.3 Å². The molecule has 0 unspecified atom stereocenters. The number of hydrogen-bond acceptors (Lipinski definition) is 6. The van der Waals surface area contributed by atoms with Crippen molar-refractivity contribution in [2.24, 2.45) is 0 Å². The largest absolute Gasteiger partial charge is 0.442 e. The van der Waals surface area contributed by atoms with Crippen LogP contribution >= 0.6 is 15.9 Å². The van der Waals surface area contributed by atoms with Gasteiger partial charge in [-0.1, -0.05) is 39.3 Å². The third-order valence-corrected chi connectivity index (χ3v) is 4.31. The fraction of sp³-hybridized carbons (Fsp3) is 0.188. The van der Waals surface area contributed by atoms with Crippen molar-refractivity contribution in [1.82, 2.24) is 24.6 Å². The third-order valence-electron chi connectivity index (χ3n) is 3.54. The van der Waals surface area contributed by atoms with Crippen molar-refractivity contribution in [1.29, 1.82) is 0 Å². The van der Waals surface area contributed by atoms with Crippen LogP contribution in [0.15, 0.2) is 56.5 Å². The molecule has 0 saturated carbocycles. The molecule has 2 heterocycles. The SMILES string of the molecule is CN(Cc1ccccc1Br)C(=O)Cn1c(-c2ncccn2)noc1=O. The molecule has 1 amide bonds. The van der Waals surface area contributed by atoms with Crippen LogP contribution in [0.4, 0.5) is 0 Å². The highest BCUT2D eigenvalue weighted by atomic mass is 79.9. The van der Waals surface area contributed by atoms with Crippen molar-refractivity contribution in [3.05, 3.63) is 63.3 Å². The van der Waals surface area contributed by atoms with Crippen molar-refractivity contribution in [2.75, 3.05) is 7.05 Å². The minimum Gasteiger partial charge on any atom is -0.340 e. The highest BCUT2D eigenvalue weighted by molar-refractivity contribution is 9.10. The average Bonchev–Trinajstić information content (AvgIpc) is 2.98. The Morgan fingerprint density at radius 1 is 1.24 bits per heavy atom. The van der Waals surface area contributed by atoms with E-state index < -0.39 is 5.76 Å². The zero-order valence-corrected chi connectivity index (χ0v) is 14.9. The first-order chi connectivity index (χ1) is 12.1. The van der Waals surface area contributed by atoms with E-state index in [0.29, 0.717) is 6.54 Å². The van der Waals surface area contributed by atoms with Crippen LogP contribution in [-0.4, -0.2) is 37.5 Å². The molecule has 128 valence electrons. The molecule has 1 aromatic carbocycles. The topological polar surface area (TPSA) is 94.1 Å². The molecule has 0 atom stereocenters. The summed E-state index contributed by atoms with van der Waals surface area (Å²) < 4.78 is 6.70. The first-order valence-corrected chi connectivity index (χ1v) is 8.17. The van der Waals surface area contributed by atoms with Gasteiger partial charge >= 0.3 is 5.76 Å². The number of amides is 1. The molecule has 9 heteroatoms. The van der Waals surface area contributed by atoms with E-state index in [1.165, 1.54) is 17.3 Å². The Bertz CT molecular complexity index is 938. The molecule has 8 nitrogen and oxygen atoms in total. The zero-order chi connectivity index (χ0) is 17.8. The van der Waals surface area contributed by atoms with Gasteiger partial charge < -0.3 is 4.90 Å². The van der Waals surface area contributed by atoms with Crippen LogP contribution < -0.4 is 5.76 Å². The number of carbonyl (C=O) groups is 1. The van der Waals surface area contributed by atoms with Crippen LogP contribution in [0.5, 0.6) is 0 Å². The number of likely N-dealkylation sites (N-methyl/N-ethyl adjacent to an activating group) is 1. The van der Waals surface area contributed by atoms with E-state index in [1.54, 1.807) is 13.1 Å². The van der Waals surface area contributed by atoms with Gasteiger partial charge in [0.25, 0.3) is 0 Å². The molecule has 25 heavy (non-hydrogen) atoms. The first-order valence-electron chi connectivity index (χ1n) is 7.37. The monoisotopic (exact) mass is 403 g/mol. The number of carbonyl (C=O) groups excluding carboxylic acids is 1. The van der Waals surface area contributed by atoms with Gasteiger partial charge in [-0.25, -0.2) is 19.3 Å². The van der Waals surface area contributed by atoms with Gasteiger partial charge in [0.1, 0.15) is 6.54 Å². The number of aromatic nitrogens is 4. The Balaban J connectivity index is 1.79. The van der Waals surface area contributed by atoms with Crippen molar-refractivity contribution in [2.45, 2.75) is 13.1 Å². The molecule has 0 bridgehead atoms. The second-order valence-electron chi connectivity index (χ2n) is 5.27. The maximum atomic E-state index is 12.5. The summed E-state index contributed by atoms with van der Waals surface area (Å²) in [7, 11) is 1.67. The second-order valence-corrected chi connectivity index (χ2v) is 6.13. The lowest BCUT2D eigenvalue weighted by atomic mass is 10.2. The second kappa shape index (κ2) is 7.39. The Hall–Kier alpha value is -2.81. The summed E-state index contributed by atoms with van der Waals surface area (Å²) in [5.74, 6) is -0.661. The maximum Gasteiger partial charge on any atom is 0.442 e. The molecule has 3 rings (SSSR count). The van der Waals surface area contributed by atoms with Crippen LogP contribution in [0.25, 0.3) is 11.6 Å². The summed E-state index contributed by atoms with van der Waals surface area (Å²) in [4.78, 5) is 34.0. The van der Waals surface area contributed by atoms with E-state index in [9.17, 15) is 9.59 Å². The Morgan fingerprint density at radius 3 is 2.68 bits per heavy atom. The third kappa shape index (κ3) is 3.82. The predicted molar refractivity (Wildman–Crippen MR) is 92.4 cm³/mol. The molecule has 2 aromatic heterocycles. The zero-order valence-electron chi connectivity index (χ0n) is 13.3. The van der Waals surface area contributed by atoms with Gasteiger partial charge in [0.05, 0.1) is 0 Å². The molecule has 0 aliphatic rings. The predicted octanol–water partition coefficient (Wildman–Crippen LogP) is 1.71. The van der Waals surface area contributed by atoms with Gasteiger partial charge in [-0.15, -0.1) is 0 Å². The highest BCUT2D eigenvalue weighted by Crippen LogP contribution is 2.17. The van der Waals surface area contributed by atoms with Crippen molar-refractivity contribution < 1.29 is 9.32 Å². The molecule has 0 spiro atoms. The molecule has 0 fully saturated rings. The normalized spacial score (nSPS) is 10.6. The smallest absolute Gasteiger partial charge is 0.340 e. The lowest BCUT2D eigenvalue weighted by Crippen LogP contribution is -2.33. The van der Waals surface area contributed by atoms with Crippen molar-refractivity contribution in [3.63, 3.8) is 0 Å². The molecule has 3 aromatic rings. The maximum absolute atomic E-state index is 12.5. The summed E-state index contributed by atoms with van der Waals surface area (Å²) in [5.41, 5.74) is 0.961. The fourth-order valence-electron chi connectivity index (χ4n) is 2.21. The van der Waals surface area contributed by atoms with Crippen LogP contribution in [0.3, 0.4) is 0 Å². The minimum atomic E-state index is -0.731. The van der Waals surface area contributed by atoms with Gasteiger partial charge in [-0.05, 0) is 17.7 Å². The first kappa shape index (κ1) is 17.0. The van der Waals surface area contributed by atoms with Crippen LogP contribution in [-0.2, 0) is 17.9 Å². The van der Waals surface area contributed by atoms with E-state index >= 15 is 0 Å². The van der Waals surface area contributed by atoms with Gasteiger partial charge in [-0.2, -0.15) is 0 Å². The van der Waals surface area contributed by atoms with Gasteiger partial charge in [0, 0.05) is 30.5 Å². The van der Waals surface area contributed by atoms with E-state index in [-0.39, 0.29) is 24.1 Å². The molecule has 0 N–H and O–H groups in total. The number of hydrogen-bond donors (Lipinski definition) is 0. The van der Waals surface area contributed by atoms with E-state index in [4.69, 9.17) is 0 Å². The summed E-state index contributed by atoms with van der Waals surface area (Å²) in [6.45, 7) is 0.189. The van der Waals surface area contributed by atoms with E-state index in [2.05, 4.69) is 35.6 Å². The number of rotatable bonds is 5. The summed E-state index contributed by atoms with van der Waals surface area (Å²) in [6.07, 6.45) is 3.04. The van der Waals surface area contributed by atoms with E-state index in [0.717, 1.165) is 14.6 Å². The Kier molecular flexibility index (Phi) is 5.03. The van der Waals surface area contributed by atoms with Crippen LogP contribution in [0.2, 0.25) is 0 Å². The van der Waals surface area contributed by atoms with Gasteiger partial charge in [0.15, 0.2) is 5.82 Å². The number of nitrogens with zero attached hydrogens (tertiary/aromatic N) is 5. The molecule has 0 aliphatic carbocycles. The van der Waals surface area contributed by atoms with Crippen LogP contribution in [0.1, 0.15) is 5.56 Å². The lowest BCUT2D eigenvalue weighted by molar-refractivity contribution is -0.131. The number of benzene rings is 1. The Labute approximate surface area is 151 Å². The lowest BCUT2D eigenvalue weighted by Gasteiger charge is -2.18. The summed E-state index contributed by atoms with van der Waals surface area (Å²) >= 11 is 3.45. The fourth-order valence-corrected chi connectivity index (χ4v) is 2.62. The van der Waals surface area contributed by atoms with Gasteiger partial charge in [-0.3, -0.25) is 9.32 Å². The number of halogens is 1. The average molecular weight is 404 g/mol. The van der Waals surface area contributed by atoms with Gasteiger partial charge in [0.2, 0.25) is 11.7 Å². The molecule has 0 aliphatic heterocycles. The minimum absolute atomic E-state index is 0.119. The van der Waals surface area contributed by atoms with Crippen molar-refractivity contribution >= 4 is 21.8 Å². The molecule has 0 saturated heterocycles. The standard InChI is InChI=1S/C16H14BrN5O3/c1-21(9-11-5-2-3-6-12(11)17)13(23)10-22-15(20-25-16(22)24)14-18-7-4-8-19-14/h2-8H,9-10H2,1H3. The molecular weight excluding hydrogens is 390 g/mol. The highest BCUT2D eigenvalue weighted by Gasteiger charge is 2.20. The summed E-state index contributed by atoms with van der Waals surface area (Å²) in [6, 6.07) is 9.26. The Morgan fingerprint density at radius 2 is 1.96 bits per heavy atom. The quantitative estimate of drug-likeness (QED) is 0.643.